The Bertz CT molecular complexity index is 343. The van der Waals surface area contributed by atoms with Gasteiger partial charge in [0.25, 0.3) is 0 Å². The highest BCUT2D eigenvalue weighted by Crippen LogP contribution is 2.22. The Morgan fingerprint density at radius 1 is 1.62 bits per heavy atom. The molecule has 0 spiro atoms. The number of hydrogen-bond donors (Lipinski definition) is 2. The molecule has 0 heterocycles. The van der Waals surface area contributed by atoms with Crippen molar-refractivity contribution in [2.45, 2.75) is 6.04 Å². The Morgan fingerprint density at radius 2 is 2.23 bits per heavy atom. The standard InChI is InChI=1S/C8H7BrINO2/c9-5-3-4(1-2-6(5)10)7(11)8(12)13/h1-3,7H,11H2,(H,12,13)/t7-/m0/s1. The summed E-state index contributed by atoms with van der Waals surface area (Å²) in [6.07, 6.45) is 0. The minimum absolute atomic E-state index is 0.597. The van der Waals surface area contributed by atoms with E-state index in [-0.39, 0.29) is 0 Å². The first-order valence-electron chi connectivity index (χ1n) is 3.45. The Balaban J connectivity index is 3.03. The topological polar surface area (TPSA) is 63.3 Å². The molecular formula is C8H7BrINO2. The van der Waals surface area contributed by atoms with E-state index >= 15 is 0 Å². The zero-order valence-corrected chi connectivity index (χ0v) is 10.2. The highest BCUT2D eigenvalue weighted by molar-refractivity contribution is 14.1. The van der Waals surface area contributed by atoms with Crippen molar-refractivity contribution in [2.75, 3.05) is 0 Å². The molecule has 1 aromatic rings. The van der Waals surface area contributed by atoms with Crippen molar-refractivity contribution >= 4 is 44.5 Å². The lowest BCUT2D eigenvalue weighted by Gasteiger charge is -2.07. The summed E-state index contributed by atoms with van der Waals surface area (Å²) in [5.41, 5.74) is 6.03. The molecule has 0 saturated heterocycles. The van der Waals surface area contributed by atoms with Crippen molar-refractivity contribution in [3.8, 4) is 0 Å². The predicted octanol–water partition coefficient (Wildman–Crippen LogP) is 2.14. The Hall–Kier alpha value is -0.140. The van der Waals surface area contributed by atoms with E-state index in [1.54, 1.807) is 12.1 Å². The van der Waals surface area contributed by atoms with Crippen LogP contribution < -0.4 is 5.73 Å². The van der Waals surface area contributed by atoms with Crippen LogP contribution in [-0.4, -0.2) is 11.1 Å². The molecule has 0 radical (unpaired) electrons. The minimum atomic E-state index is -1.02. The summed E-state index contributed by atoms with van der Waals surface area (Å²) in [4.78, 5) is 10.6. The maximum absolute atomic E-state index is 10.6. The van der Waals surface area contributed by atoms with E-state index in [2.05, 4.69) is 38.5 Å². The molecule has 5 heteroatoms. The molecule has 13 heavy (non-hydrogen) atoms. The third-order valence-corrected chi connectivity index (χ3v) is 3.91. The van der Waals surface area contributed by atoms with E-state index in [1.807, 2.05) is 6.07 Å². The van der Waals surface area contributed by atoms with Crippen LogP contribution in [0.3, 0.4) is 0 Å². The quantitative estimate of drug-likeness (QED) is 0.799. The molecule has 70 valence electrons. The molecule has 0 aromatic heterocycles. The van der Waals surface area contributed by atoms with Gasteiger partial charge < -0.3 is 10.8 Å². The normalized spacial score (nSPS) is 12.5. The van der Waals surface area contributed by atoms with Gasteiger partial charge in [-0.1, -0.05) is 6.07 Å². The Labute approximate surface area is 97.6 Å². The van der Waals surface area contributed by atoms with Gasteiger partial charge in [-0.25, -0.2) is 0 Å². The molecule has 0 unspecified atom stereocenters. The maximum atomic E-state index is 10.6. The van der Waals surface area contributed by atoms with Crippen molar-refractivity contribution < 1.29 is 9.90 Å². The van der Waals surface area contributed by atoms with Crippen LogP contribution in [0.1, 0.15) is 11.6 Å². The second-order valence-electron chi connectivity index (χ2n) is 2.49. The van der Waals surface area contributed by atoms with Crippen molar-refractivity contribution in [2.24, 2.45) is 5.73 Å². The molecule has 1 atom stereocenters. The molecule has 1 rings (SSSR count). The lowest BCUT2D eigenvalue weighted by atomic mass is 10.1. The van der Waals surface area contributed by atoms with Crippen molar-refractivity contribution in [1.82, 2.24) is 0 Å². The van der Waals surface area contributed by atoms with Crippen LogP contribution in [-0.2, 0) is 4.79 Å². The van der Waals surface area contributed by atoms with Gasteiger partial charge in [0.05, 0.1) is 0 Å². The lowest BCUT2D eigenvalue weighted by molar-refractivity contribution is -0.138. The van der Waals surface area contributed by atoms with E-state index in [0.717, 1.165) is 8.04 Å². The summed E-state index contributed by atoms with van der Waals surface area (Å²) in [5.74, 6) is -1.02. The SMILES string of the molecule is N[C@H](C(=O)O)c1ccc(I)c(Br)c1. The van der Waals surface area contributed by atoms with Crippen LogP contribution >= 0.6 is 38.5 Å². The second-order valence-corrected chi connectivity index (χ2v) is 4.51. The monoisotopic (exact) mass is 355 g/mol. The number of carbonyl (C=O) groups is 1. The number of benzene rings is 1. The summed E-state index contributed by atoms with van der Waals surface area (Å²) in [5, 5.41) is 8.65. The number of halogens is 2. The summed E-state index contributed by atoms with van der Waals surface area (Å²) >= 11 is 5.45. The van der Waals surface area contributed by atoms with Crippen molar-refractivity contribution in [3.63, 3.8) is 0 Å². The maximum Gasteiger partial charge on any atom is 0.325 e. The third kappa shape index (κ3) is 2.65. The van der Waals surface area contributed by atoms with Crippen LogP contribution in [0.15, 0.2) is 22.7 Å². The Kier molecular flexibility index (Phi) is 3.69. The van der Waals surface area contributed by atoms with E-state index in [4.69, 9.17) is 10.8 Å². The zero-order chi connectivity index (χ0) is 10.0. The van der Waals surface area contributed by atoms with Crippen LogP contribution in [0, 0.1) is 3.57 Å². The van der Waals surface area contributed by atoms with Crippen LogP contribution in [0.5, 0.6) is 0 Å². The van der Waals surface area contributed by atoms with Crippen LogP contribution in [0.4, 0.5) is 0 Å². The summed E-state index contributed by atoms with van der Waals surface area (Å²) < 4.78 is 1.89. The van der Waals surface area contributed by atoms with Gasteiger partial charge in [0.15, 0.2) is 0 Å². The van der Waals surface area contributed by atoms with Crippen molar-refractivity contribution in [3.05, 3.63) is 31.8 Å². The van der Waals surface area contributed by atoms with Gasteiger partial charge in [-0.2, -0.15) is 0 Å². The molecule has 0 fully saturated rings. The minimum Gasteiger partial charge on any atom is -0.480 e. The molecular weight excluding hydrogens is 349 g/mol. The fourth-order valence-corrected chi connectivity index (χ4v) is 1.58. The smallest absolute Gasteiger partial charge is 0.325 e. The Morgan fingerprint density at radius 3 is 2.69 bits per heavy atom. The third-order valence-electron chi connectivity index (χ3n) is 1.57. The predicted molar refractivity (Wildman–Crippen MR) is 61.4 cm³/mol. The number of carboxylic acid groups (broad SMARTS) is 1. The van der Waals surface area contributed by atoms with Gasteiger partial charge >= 0.3 is 5.97 Å². The summed E-state index contributed by atoms with van der Waals surface area (Å²) in [7, 11) is 0. The van der Waals surface area contributed by atoms with Gasteiger partial charge in [0.2, 0.25) is 0 Å². The molecule has 3 N–H and O–H groups in total. The molecule has 3 nitrogen and oxygen atoms in total. The average molecular weight is 356 g/mol. The number of carboxylic acids is 1. The molecule has 0 amide bonds. The van der Waals surface area contributed by atoms with Gasteiger partial charge in [-0.3, -0.25) is 4.79 Å². The van der Waals surface area contributed by atoms with E-state index in [1.165, 1.54) is 0 Å². The molecule has 0 aliphatic rings. The first-order valence-corrected chi connectivity index (χ1v) is 5.33. The lowest BCUT2D eigenvalue weighted by Crippen LogP contribution is -2.20. The van der Waals surface area contributed by atoms with Crippen LogP contribution in [0.2, 0.25) is 0 Å². The summed E-state index contributed by atoms with van der Waals surface area (Å²) in [6.45, 7) is 0. The van der Waals surface area contributed by atoms with Gasteiger partial charge in [0, 0.05) is 8.04 Å². The molecule has 0 aliphatic carbocycles. The largest absolute Gasteiger partial charge is 0.480 e. The van der Waals surface area contributed by atoms with E-state index in [0.29, 0.717) is 5.56 Å². The molecule has 0 saturated carbocycles. The van der Waals surface area contributed by atoms with E-state index < -0.39 is 12.0 Å². The first-order chi connectivity index (χ1) is 6.02. The highest BCUT2D eigenvalue weighted by Gasteiger charge is 2.14. The average Bonchev–Trinajstić information content (AvgIpc) is 2.08. The van der Waals surface area contributed by atoms with Gasteiger partial charge in [0.1, 0.15) is 6.04 Å². The first kappa shape index (κ1) is 10.9. The fraction of sp³-hybridized carbons (Fsp3) is 0.125. The number of rotatable bonds is 2. The fourth-order valence-electron chi connectivity index (χ4n) is 0.848. The van der Waals surface area contributed by atoms with Gasteiger partial charge in [-0.05, 0) is 56.2 Å². The number of nitrogens with two attached hydrogens (primary N) is 1. The number of hydrogen-bond acceptors (Lipinski definition) is 2. The number of aliphatic carboxylic acids is 1. The van der Waals surface area contributed by atoms with Crippen LogP contribution in [0.25, 0.3) is 0 Å². The second kappa shape index (κ2) is 4.39. The molecule has 1 aromatic carbocycles. The van der Waals surface area contributed by atoms with E-state index in [9.17, 15) is 4.79 Å². The zero-order valence-electron chi connectivity index (χ0n) is 6.50. The molecule has 0 aliphatic heterocycles. The summed E-state index contributed by atoms with van der Waals surface area (Å²) in [6, 6.07) is 4.31. The molecule has 0 bridgehead atoms. The van der Waals surface area contributed by atoms with Gasteiger partial charge in [-0.15, -0.1) is 0 Å². The highest BCUT2D eigenvalue weighted by atomic mass is 127. The van der Waals surface area contributed by atoms with Crippen molar-refractivity contribution in [1.29, 1.82) is 0 Å².